The van der Waals surface area contributed by atoms with Crippen LogP contribution in [0.5, 0.6) is 0 Å². The zero-order valence-corrected chi connectivity index (χ0v) is 28.6. The average Bonchev–Trinajstić information content (AvgIpc) is 3.42. The van der Waals surface area contributed by atoms with Crippen molar-refractivity contribution >= 4 is 27.8 Å². The summed E-state index contributed by atoms with van der Waals surface area (Å²) in [5, 5.41) is 2.11. The van der Waals surface area contributed by atoms with Crippen molar-refractivity contribution in [3.8, 4) is 44.5 Å². The van der Waals surface area contributed by atoms with Crippen molar-refractivity contribution in [2.24, 2.45) is 0 Å². The van der Waals surface area contributed by atoms with Gasteiger partial charge in [0.25, 0.3) is 0 Å². The van der Waals surface area contributed by atoms with E-state index in [0.717, 1.165) is 50.1 Å². The summed E-state index contributed by atoms with van der Waals surface area (Å²) in [7, 11) is 0. The van der Waals surface area contributed by atoms with Gasteiger partial charge in [0, 0.05) is 27.9 Å². The van der Waals surface area contributed by atoms with Crippen molar-refractivity contribution in [1.29, 1.82) is 0 Å². The van der Waals surface area contributed by atoms with Gasteiger partial charge in [-0.2, -0.15) is 0 Å². The maximum absolute atomic E-state index is 15.3. The summed E-state index contributed by atoms with van der Waals surface area (Å²) in [6, 6.07) is 63.4. The molecule has 0 saturated carbocycles. The quantitative estimate of drug-likeness (QED) is 0.172. The Kier molecular flexibility index (Phi) is 7.40. The first-order valence-corrected chi connectivity index (χ1v) is 17.5. The van der Waals surface area contributed by atoms with Crippen molar-refractivity contribution in [3.63, 3.8) is 0 Å². The predicted octanol–water partition coefficient (Wildman–Crippen LogP) is 13.8. The Morgan fingerprint density at radius 1 is 0.431 bits per heavy atom. The Morgan fingerprint density at radius 2 is 0.980 bits per heavy atom. The number of hydrogen-bond acceptors (Lipinski definition) is 1. The molecular weight excluding hydrogens is 622 g/mol. The topological polar surface area (TPSA) is 3.24 Å². The van der Waals surface area contributed by atoms with Crippen molar-refractivity contribution in [2.75, 3.05) is 4.90 Å². The highest BCUT2D eigenvalue weighted by Crippen LogP contribution is 2.54. The molecule has 0 fully saturated rings. The molecule has 0 unspecified atom stereocenters. The molecule has 0 bridgehead atoms. The minimum absolute atomic E-state index is 0.132. The molecule has 8 aromatic rings. The lowest BCUT2D eigenvalue weighted by molar-refractivity contribution is 0.631. The van der Waals surface area contributed by atoms with E-state index in [1.54, 1.807) is 6.07 Å². The molecular formula is C49H36FN. The van der Waals surface area contributed by atoms with E-state index in [4.69, 9.17) is 0 Å². The zero-order valence-electron chi connectivity index (χ0n) is 28.6. The molecule has 1 aliphatic rings. The minimum Gasteiger partial charge on any atom is -0.310 e. The zero-order chi connectivity index (χ0) is 34.5. The molecule has 8 aromatic carbocycles. The van der Waals surface area contributed by atoms with E-state index >= 15 is 4.39 Å². The van der Waals surface area contributed by atoms with Crippen LogP contribution in [0.3, 0.4) is 0 Å². The highest BCUT2D eigenvalue weighted by Gasteiger charge is 2.37. The van der Waals surface area contributed by atoms with Crippen molar-refractivity contribution < 1.29 is 4.39 Å². The van der Waals surface area contributed by atoms with Gasteiger partial charge in [-0.1, -0.05) is 159 Å². The molecule has 2 heteroatoms. The van der Waals surface area contributed by atoms with Crippen molar-refractivity contribution in [1.82, 2.24) is 0 Å². The van der Waals surface area contributed by atoms with Crippen LogP contribution in [0.15, 0.2) is 182 Å². The summed E-state index contributed by atoms with van der Waals surface area (Å²) < 4.78 is 15.3. The molecule has 51 heavy (non-hydrogen) atoms. The minimum atomic E-state index is -0.223. The first-order valence-electron chi connectivity index (χ1n) is 17.5. The summed E-state index contributed by atoms with van der Waals surface area (Å²) in [4.78, 5) is 2.41. The van der Waals surface area contributed by atoms with E-state index in [2.05, 4.69) is 164 Å². The van der Waals surface area contributed by atoms with E-state index < -0.39 is 0 Å². The lowest BCUT2D eigenvalue weighted by Crippen LogP contribution is -2.16. The third kappa shape index (κ3) is 5.14. The highest BCUT2D eigenvalue weighted by atomic mass is 19.1. The number of halogens is 1. The van der Waals surface area contributed by atoms with Crippen LogP contribution in [0.1, 0.15) is 25.0 Å². The third-order valence-electron chi connectivity index (χ3n) is 10.5. The second-order valence-electron chi connectivity index (χ2n) is 13.9. The molecule has 0 heterocycles. The van der Waals surface area contributed by atoms with Gasteiger partial charge in [-0.25, -0.2) is 4.39 Å². The number of rotatable bonds is 6. The fraction of sp³-hybridized carbons (Fsp3) is 0.0612. The van der Waals surface area contributed by atoms with E-state index in [1.165, 1.54) is 33.9 Å². The Bertz CT molecular complexity index is 2580. The van der Waals surface area contributed by atoms with Gasteiger partial charge in [-0.3, -0.25) is 0 Å². The third-order valence-corrected chi connectivity index (χ3v) is 10.5. The van der Waals surface area contributed by atoms with Gasteiger partial charge in [0.2, 0.25) is 0 Å². The number of nitrogens with zero attached hydrogens (tertiary/aromatic N) is 1. The van der Waals surface area contributed by atoms with Crippen LogP contribution in [0.4, 0.5) is 21.5 Å². The summed E-state index contributed by atoms with van der Waals surface area (Å²) in [6.07, 6.45) is 0. The standard InChI is InChI=1S/C49H36FN/c1-49(2)43-27-8-6-24-42(43)48-44(49)28-14-30-46(48)51(37-21-10-19-35(31-37)33-15-4-3-5-16-33)38-22-11-20-36(32-38)39-25-12-17-34-18-13-26-41(47(34)39)40-23-7-9-29-45(40)50/h3-32H,1-2H3. The van der Waals surface area contributed by atoms with Crippen LogP contribution in [-0.2, 0) is 5.41 Å². The molecule has 0 saturated heterocycles. The fourth-order valence-electron chi connectivity index (χ4n) is 8.10. The van der Waals surface area contributed by atoms with Crippen LogP contribution in [-0.4, -0.2) is 0 Å². The van der Waals surface area contributed by atoms with E-state index in [-0.39, 0.29) is 11.2 Å². The molecule has 0 N–H and O–H groups in total. The average molecular weight is 658 g/mol. The van der Waals surface area contributed by atoms with Gasteiger partial charge in [-0.15, -0.1) is 0 Å². The second kappa shape index (κ2) is 12.3. The van der Waals surface area contributed by atoms with Gasteiger partial charge in [0.1, 0.15) is 5.82 Å². The Hall–Kier alpha value is -6.25. The highest BCUT2D eigenvalue weighted by molar-refractivity contribution is 6.07. The molecule has 0 spiro atoms. The van der Waals surface area contributed by atoms with Crippen LogP contribution in [0, 0.1) is 5.82 Å². The lowest BCUT2D eigenvalue weighted by Gasteiger charge is -2.29. The maximum Gasteiger partial charge on any atom is 0.131 e. The lowest BCUT2D eigenvalue weighted by atomic mass is 9.82. The van der Waals surface area contributed by atoms with Crippen LogP contribution < -0.4 is 4.90 Å². The SMILES string of the molecule is CC1(C)c2ccccc2-c2c(N(c3cccc(-c4ccccc4)c3)c3cccc(-c4cccc5cccc(-c6ccccc6F)c45)c3)cccc21. The Morgan fingerprint density at radius 3 is 1.75 bits per heavy atom. The van der Waals surface area contributed by atoms with E-state index in [9.17, 15) is 0 Å². The van der Waals surface area contributed by atoms with Gasteiger partial charge in [0.05, 0.1) is 5.69 Å². The molecule has 0 atom stereocenters. The largest absolute Gasteiger partial charge is 0.310 e. The number of hydrogen-bond donors (Lipinski definition) is 0. The Balaban J connectivity index is 1.29. The van der Waals surface area contributed by atoms with Crippen LogP contribution >= 0.6 is 0 Å². The van der Waals surface area contributed by atoms with E-state index in [1.807, 2.05) is 24.3 Å². The summed E-state index contributed by atoms with van der Waals surface area (Å²) in [6.45, 7) is 4.66. The number of benzene rings is 8. The molecule has 244 valence electrons. The monoisotopic (exact) mass is 657 g/mol. The van der Waals surface area contributed by atoms with Gasteiger partial charge in [-0.05, 0) is 91.7 Å². The normalized spacial score (nSPS) is 12.8. The molecule has 0 aromatic heterocycles. The van der Waals surface area contributed by atoms with E-state index in [0.29, 0.717) is 5.56 Å². The first-order chi connectivity index (χ1) is 25.0. The number of fused-ring (bicyclic) bond motifs is 4. The van der Waals surface area contributed by atoms with Crippen LogP contribution in [0.25, 0.3) is 55.3 Å². The van der Waals surface area contributed by atoms with Crippen LogP contribution in [0.2, 0.25) is 0 Å². The number of anilines is 3. The summed E-state index contributed by atoms with van der Waals surface area (Å²) >= 11 is 0. The van der Waals surface area contributed by atoms with Gasteiger partial charge in [0.15, 0.2) is 0 Å². The van der Waals surface area contributed by atoms with Gasteiger partial charge < -0.3 is 4.90 Å². The van der Waals surface area contributed by atoms with Crippen molar-refractivity contribution in [3.05, 3.63) is 199 Å². The summed E-state index contributed by atoms with van der Waals surface area (Å²) in [5.41, 5.74) is 14.3. The molecule has 0 amide bonds. The predicted molar refractivity (Wildman–Crippen MR) is 212 cm³/mol. The summed E-state index contributed by atoms with van der Waals surface area (Å²) in [5.74, 6) is -0.223. The van der Waals surface area contributed by atoms with Crippen molar-refractivity contribution in [2.45, 2.75) is 19.3 Å². The first kappa shape index (κ1) is 30.8. The van der Waals surface area contributed by atoms with Gasteiger partial charge >= 0.3 is 0 Å². The second-order valence-corrected chi connectivity index (χ2v) is 13.9. The Labute approximate surface area is 298 Å². The maximum atomic E-state index is 15.3. The molecule has 0 radical (unpaired) electrons. The molecule has 1 nitrogen and oxygen atoms in total. The molecule has 0 aliphatic heterocycles. The molecule has 1 aliphatic carbocycles. The molecule has 9 rings (SSSR count). The fourth-order valence-corrected chi connectivity index (χ4v) is 8.10. The smallest absolute Gasteiger partial charge is 0.131 e.